The number of nitrogens with one attached hydrogen (secondary N) is 1. The Morgan fingerprint density at radius 2 is 1.65 bits per heavy atom. The van der Waals surface area contributed by atoms with E-state index in [9.17, 15) is 42.3 Å². The number of hydrogen-bond acceptors (Lipinski definition) is 10. The van der Waals surface area contributed by atoms with Crippen molar-refractivity contribution in [2.24, 2.45) is 0 Å². The molecular weight excluding hydrogens is 759 g/mol. The van der Waals surface area contributed by atoms with Gasteiger partial charge in [0, 0.05) is 30.6 Å². The van der Waals surface area contributed by atoms with Crippen LogP contribution in [0.3, 0.4) is 0 Å². The zero-order chi connectivity index (χ0) is 40.8. The maximum absolute atomic E-state index is 16.1. The molecule has 0 radical (unpaired) electrons. The zero-order valence-corrected chi connectivity index (χ0v) is 30.5. The number of hydrogen-bond donors (Lipinski definition) is 2. The standard InChI is InChI=1S/C37H33F5N2O10S/c1-6-19(2)53-34(49)36(33(47)48,27-8-7-15-55-27)18-52-35(50)54-30-25(38)17-26(28(29(30)39)32(46)44(3)4)43-31(45)23-14-13-22(51-5)16-24(23)20-9-11-21(12-10-20)37(40,41)42/h7-17,19H,6,18H2,1-5H3,(H,43,45)(H,47,48). The second kappa shape index (κ2) is 17.0. The van der Waals surface area contributed by atoms with Crippen LogP contribution in [0.15, 0.2) is 66.0 Å². The fraction of sp³-hybridized carbons (Fsp3) is 0.270. The average molecular weight is 793 g/mol. The predicted octanol–water partition coefficient (Wildman–Crippen LogP) is 7.55. The maximum Gasteiger partial charge on any atom is 0.514 e. The number of amides is 2. The minimum absolute atomic E-state index is 0.0581. The van der Waals surface area contributed by atoms with Gasteiger partial charge in [-0.1, -0.05) is 25.1 Å². The van der Waals surface area contributed by atoms with Gasteiger partial charge in [-0.05, 0) is 66.2 Å². The summed E-state index contributed by atoms with van der Waals surface area (Å²) >= 11 is 0.839. The van der Waals surface area contributed by atoms with Gasteiger partial charge in [-0.25, -0.2) is 13.6 Å². The molecule has 55 heavy (non-hydrogen) atoms. The van der Waals surface area contributed by atoms with Crippen LogP contribution in [0.25, 0.3) is 11.1 Å². The highest BCUT2D eigenvalue weighted by Crippen LogP contribution is 2.37. The molecule has 18 heteroatoms. The van der Waals surface area contributed by atoms with E-state index in [-0.39, 0.29) is 27.3 Å². The van der Waals surface area contributed by atoms with Gasteiger partial charge in [0.05, 0.1) is 24.5 Å². The average Bonchev–Trinajstić information content (AvgIpc) is 3.68. The molecule has 0 fully saturated rings. The van der Waals surface area contributed by atoms with Gasteiger partial charge in [-0.15, -0.1) is 11.3 Å². The molecule has 0 bridgehead atoms. The number of carboxylic acids is 1. The van der Waals surface area contributed by atoms with E-state index in [2.05, 4.69) is 5.32 Å². The number of thiophene rings is 1. The fourth-order valence-electron chi connectivity index (χ4n) is 4.99. The quantitative estimate of drug-likeness (QED) is 0.0600. The third-order valence-electron chi connectivity index (χ3n) is 8.17. The normalized spacial score (nSPS) is 12.8. The molecule has 1 aromatic heterocycles. The topological polar surface area (TPSA) is 158 Å². The third-order valence-corrected chi connectivity index (χ3v) is 9.20. The first-order valence-corrected chi connectivity index (χ1v) is 17.0. The van der Waals surface area contributed by atoms with Crippen LogP contribution in [0.2, 0.25) is 0 Å². The Bertz CT molecular complexity index is 2090. The number of anilines is 1. The Labute approximate surface area is 314 Å². The van der Waals surface area contributed by atoms with E-state index in [1.54, 1.807) is 6.92 Å². The highest BCUT2D eigenvalue weighted by Gasteiger charge is 2.53. The van der Waals surface area contributed by atoms with E-state index in [1.165, 1.54) is 63.8 Å². The number of benzene rings is 3. The Hall–Kier alpha value is -6.04. The smallest absolute Gasteiger partial charge is 0.497 e. The molecule has 292 valence electrons. The van der Waals surface area contributed by atoms with Crippen molar-refractivity contribution in [1.82, 2.24) is 4.90 Å². The number of nitrogens with zero attached hydrogens (tertiary/aromatic N) is 1. The first kappa shape index (κ1) is 41.7. The number of ether oxygens (including phenoxy) is 4. The van der Waals surface area contributed by atoms with Crippen molar-refractivity contribution in [2.75, 3.05) is 33.1 Å². The Kier molecular flexibility index (Phi) is 12.9. The van der Waals surface area contributed by atoms with Gasteiger partial charge in [-0.2, -0.15) is 13.2 Å². The summed E-state index contributed by atoms with van der Waals surface area (Å²) in [6, 6.07) is 10.9. The molecule has 4 rings (SSSR count). The molecule has 0 aliphatic heterocycles. The molecule has 2 N–H and O–H groups in total. The number of carbonyl (C=O) groups is 5. The van der Waals surface area contributed by atoms with Crippen molar-refractivity contribution in [3.8, 4) is 22.6 Å². The summed E-state index contributed by atoms with van der Waals surface area (Å²) in [5.41, 5.74) is -5.26. The first-order chi connectivity index (χ1) is 25.8. The van der Waals surface area contributed by atoms with Crippen LogP contribution in [-0.2, 0) is 30.7 Å². The molecule has 2 unspecified atom stereocenters. The van der Waals surface area contributed by atoms with Gasteiger partial charge in [0.15, 0.2) is 11.6 Å². The molecule has 3 aromatic carbocycles. The van der Waals surface area contributed by atoms with Crippen molar-refractivity contribution in [2.45, 2.75) is 38.0 Å². The summed E-state index contributed by atoms with van der Waals surface area (Å²) in [5.74, 6) is -9.89. The summed E-state index contributed by atoms with van der Waals surface area (Å²) in [4.78, 5) is 66.2. The number of aliphatic carboxylic acids is 1. The lowest BCUT2D eigenvalue weighted by Gasteiger charge is -2.27. The highest BCUT2D eigenvalue weighted by molar-refractivity contribution is 7.10. The lowest BCUT2D eigenvalue weighted by molar-refractivity contribution is -0.167. The fourth-order valence-corrected chi connectivity index (χ4v) is 5.89. The highest BCUT2D eigenvalue weighted by atomic mass is 32.1. The van der Waals surface area contributed by atoms with E-state index in [0.29, 0.717) is 12.5 Å². The van der Waals surface area contributed by atoms with Gasteiger partial charge in [0.25, 0.3) is 11.8 Å². The van der Waals surface area contributed by atoms with Crippen LogP contribution >= 0.6 is 11.3 Å². The molecular formula is C37H33F5N2O10S. The molecule has 0 saturated carbocycles. The number of halogens is 5. The molecule has 4 aromatic rings. The van der Waals surface area contributed by atoms with E-state index in [4.69, 9.17) is 18.9 Å². The van der Waals surface area contributed by atoms with Gasteiger partial charge in [-0.3, -0.25) is 19.2 Å². The number of rotatable bonds is 13. The molecule has 2 atom stereocenters. The first-order valence-electron chi connectivity index (χ1n) is 16.1. The van der Waals surface area contributed by atoms with E-state index in [1.807, 2.05) is 0 Å². The summed E-state index contributed by atoms with van der Waals surface area (Å²) in [6.45, 7) is 1.96. The minimum atomic E-state index is -4.64. The number of carbonyl (C=O) groups excluding carboxylic acids is 4. The number of methoxy groups -OCH3 is 1. The van der Waals surface area contributed by atoms with Crippen LogP contribution in [0.1, 0.15) is 51.4 Å². The van der Waals surface area contributed by atoms with E-state index < -0.39 is 88.4 Å². The molecule has 0 spiro atoms. The summed E-state index contributed by atoms with van der Waals surface area (Å²) < 4.78 is 91.4. The Morgan fingerprint density at radius 3 is 2.20 bits per heavy atom. The summed E-state index contributed by atoms with van der Waals surface area (Å²) in [6.07, 6.45) is -6.92. The monoisotopic (exact) mass is 792 g/mol. The molecule has 2 amide bonds. The summed E-state index contributed by atoms with van der Waals surface area (Å²) in [5, 5.41) is 13.9. The van der Waals surface area contributed by atoms with Gasteiger partial charge < -0.3 is 34.3 Å². The van der Waals surface area contributed by atoms with Crippen molar-refractivity contribution >= 4 is 46.9 Å². The van der Waals surface area contributed by atoms with Crippen molar-refractivity contribution in [3.05, 3.63) is 99.2 Å². The third kappa shape index (κ3) is 9.02. The second-order valence-electron chi connectivity index (χ2n) is 12.0. The van der Waals surface area contributed by atoms with E-state index in [0.717, 1.165) is 40.5 Å². The second-order valence-corrected chi connectivity index (χ2v) is 13.0. The number of esters is 1. The van der Waals surface area contributed by atoms with Crippen LogP contribution < -0.4 is 14.8 Å². The van der Waals surface area contributed by atoms with Gasteiger partial charge in [0.2, 0.25) is 11.2 Å². The van der Waals surface area contributed by atoms with Crippen molar-refractivity contribution in [1.29, 1.82) is 0 Å². The maximum atomic E-state index is 16.1. The van der Waals surface area contributed by atoms with Crippen LogP contribution in [0.5, 0.6) is 11.5 Å². The lowest BCUT2D eigenvalue weighted by atomic mass is 9.87. The van der Waals surface area contributed by atoms with Gasteiger partial charge in [0.1, 0.15) is 17.9 Å². The Morgan fingerprint density at radius 1 is 0.982 bits per heavy atom. The van der Waals surface area contributed by atoms with Gasteiger partial charge >= 0.3 is 24.3 Å². The largest absolute Gasteiger partial charge is 0.514 e. The summed E-state index contributed by atoms with van der Waals surface area (Å²) in [7, 11) is 3.71. The molecule has 0 aliphatic carbocycles. The van der Waals surface area contributed by atoms with Crippen LogP contribution in [-0.4, -0.2) is 73.8 Å². The number of alkyl halides is 3. The van der Waals surface area contributed by atoms with Crippen LogP contribution in [0, 0.1) is 11.6 Å². The molecule has 1 heterocycles. The van der Waals surface area contributed by atoms with E-state index >= 15 is 8.78 Å². The molecule has 12 nitrogen and oxygen atoms in total. The van der Waals surface area contributed by atoms with Crippen molar-refractivity contribution < 1.29 is 70.0 Å². The molecule has 0 saturated heterocycles. The minimum Gasteiger partial charge on any atom is -0.497 e. The number of carboxylic acid groups (broad SMARTS) is 1. The molecule has 0 aliphatic rings. The Balaban J connectivity index is 1.69. The lowest BCUT2D eigenvalue weighted by Crippen LogP contribution is -2.49. The van der Waals surface area contributed by atoms with Crippen LogP contribution in [0.4, 0.5) is 32.4 Å². The predicted molar refractivity (Wildman–Crippen MR) is 187 cm³/mol. The zero-order valence-electron chi connectivity index (χ0n) is 29.7. The SMILES string of the molecule is CCC(C)OC(=O)C(COC(=O)Oc1c(F)cc(NC(=O)c2ccc(OC)cc2-c2ccc(C(F)(F)F)cc2)c(C(=O)N(C)C)c1F)(C(=O)O)c1cccs1. The van der Waals surface area contributed by atoms with Crippen molar-refractivity contribution in [3.63, 3.8) is 0 Å².